The Bertz CT molecular complexity index is 514. The summed E-state index contributed by atoms with van der Waals surface area (Å²) in [6.07, 6.45) is 0.417. The van der Waals surface area contributed by atoms with E-state index in [0.29, 0.717) is 19.0 Å². The molecule has 3 N–H and O–H groups in total. The van der Waals surface area contributed by atoms with Crippen LogP contribution in [0.15, 0.2) is 21.5 Å². The number of sulfonamides is 1. The van der Waals surface area contributed by atoms with Crippen molar-refractivity contribution in [2.45, 2.75) is 11.3 Å². The highest BCUT2D eigenvalue weighted by molar-refractivity contribution is 9.10. The second-order valence-electron chi connectivity index (χ2n) is 3.24. The van der Waals surface area contributed by atoms with Crippen LogP contribution in [-0.4, -0.2) is 21.5 Å². The zero-order valence-electron chi connectivity index (χ0n) is 9.12. The highest BCUT2D eigenvalue weighted by atomic mass is 79.9. The summed E-state index contributed by atoms with van der Waals surface area (Å²) in [7, 11) is -4.04. The van der Waals surface area contributed by atoms with Gasteiger partial charge in [0.2, 0.25) is 10.0 Å². The summed E-state index contributed by atoms with van der Waals surface area (Å²) in [5, 5.41) is 0. The minimum absolute atomic E-state index is 0. The lowest BCUT2D eigenvalue weighted by Crippen LogP contribution is -2.27. The normalized spacial score (nSPS) is 11.1. The predicted octanol–water partition coefficient (Wildman–Crippen LogP) is 1.78. The summed E-state index contributed by atoms with van der Waals surface area (Å²) in [5.74, 6) is -1.86. The first kappa shape index (κ1) is 17.7. The van der Waals surface area contributed by atoms with Crippen LogP contribution < -0.4 is 10.5 Å². The molecule has 0 aliphatic heterocycles. The molecular weight excluding hydrogens is 354 g/mol. The third kappa shape index (κ3) is 4.43. The molecule has 0 saturated carbocycles. The van der Waals surface area contributed by atoms with Gasteiger partial charge in [-0.15, -0.1) is 12.4 Å². The van der Waals surface area contributed by atoms with Gasteiger partial charge in [-0.3, -0.25) is 0 Å². The van der Waals surface area contributed by atoms with Crippen molar-refractivity contribution >= 4 is 38.4 Å². The summed E-state index contributed by atoms with van der Waals surface area (Å²) in [5.41, 5.74) is 5.20. The van der Waals surface area contributed by atoms with Gasteiger partial charge in [0.1, 0.15) is 16.5 Å². The highest BCUT2D eigenvalue weighted by Gasteiger charge is 2.20. The second-order valence-corrected chi connectivity index (χ2v) is 5.83. The van der Waals surface area contributed by atoms with Gasteiger partial charge >= 0.3 is 0 Å². The van der Waals surface area contributed by atoms with Crippen LogP contribution >= 0.6 is 28.3 Å². The maximum absolute atomic E-state index is 13.4. The molecule has 0 amide bonds. The van der Waals surface area contributed by atoms with Crippen LogP contribution in [0, 0.1) is 11.6 Å². The van der Waals surface area contributed by atoms with Crippen molar-refractivity contribution in [3.63, 3.8) is 0 Å². The Kier molecular flexibility index (Phi) is 7.23. The standard InChI is InChI=1S/C9H11BrF2N2O2S.ClH/c10-6-4-8(12)9(5-7(6)11)17(15,16)14-3-1-2-13;/h4-5,14H,1-3,13H2;1H. The van der Waals surface area contributed by atoms with E-state index in [2.05, 4.69) is 20.7 Å². The van der Waals surface area contributed by atoms with Crippen LogP contribution in [0.4, 0.5) is 8.78 Å². The molecule has 1 aromatic rings. The third-order valence-corrected chi connectivity index (χ3v) is 4.02. The summed E-state index contributed by atoms with van der Waals surface area (Å²) in [4.78, 5) is -0.713. The van der Waals surface area contributed by atoms with Gasteiger partial charge in [0.15, 0.2) is 0 Å². The Balaban J connectivity index is 0.00000289. The molecule has 1 aromatic carbocycles. The van der Waals surface area contributed by atoms with Crippen molar-refractivity contribution in [3.05, 3.63) is 28.2 Å². The van der Waals surface area contributed by atoms with E-state index in [1.807, 2.05) is 0 Å². The van der Waals surface area contributed by atoms with Gasteiger partial charge < -0.3 is 5.73 Å². The van der Waals surface area contributed by atoms with Crippen LogP contribution in [0.25, 0.3) is 0 Å². The molecule has 104 valence electrons. The van der Waals surface area contributed by atoms with Gasteiger partial charge in [0, 0.05) is 6.54 Å². The van der Waals surface area contributed by atoms with Crippen molar-refractivity contribution in [3.8, 4) is 0 Å². The van der Waals surface area contributed by atoms with Crippen molar-refractivity contribution in [1.82, 2.24) is 4.72 Å². The Morgan fingerprint density at radius 3 is 2.44 bits per heavy atom. The average Bonchev–Trinajstić information content (AvgIpc) is 2.23. The molecule has 0 radical (unpaired) electrons. The SMILES string of the molecule is Cl.NCCCNS(=O)(=O)c1cc(F)c(Br)cc1F. The lowest BCUT2D eigenvalue weighted by atomic mass is 10.3. The van der Waals surface area contributed by atoms with Crippen LogP contribution in [0.5, 0.6) is 0 Å². The van der Waals surface area contributed by atoms with E-state index >= 15 is 0 Å². The summed E-state index contributed by atoms with van der Waals surface area (Å²) >= 11 is 2.76. The zero-order valence-corrected chi connectivity index (χ0v) is 12.3. The molecule has 0 saturated heterocycles. The van der Waals surface area contributed by atoms with Crippen LogP contribution in [-0.2, 0) is 10.0 Å². The topological polar surface area (TPSA) is 72.2 Å². The first-order chi connectivity index (χ1) is 7.88. The van der Waals surface area contributed by atoms with Gasteiger partial charge in [-0.1, -0.05) is 0 Å². The molecule has 1 rings (SSSR count). The van der Waals surface area contributed by atoms with Gasteiger partial charge in [0.25, 0.3) is 0 Å². The van der Waals surface area contributed by atoms with Gasteiger partial charge in [-0.25, -0.2) is 21.9 Å². The minimum Gasteiger partial charge on any atom is -0.330 e. The smallest absolute Gasteiger partial charge is 0.243 e. The zero-order chi connectivity index (χ0) is 13.1. The van der Waals surface area contributed by atoms with Crippen molar-refractivity contribution in [2.75, 3.05) is 13.1 Å². The number of nitrogens with two attached hydrogens (primary N) is 1. The van der Waals surface area contributed by atoms with Gasteiger partial charge in [-0.2, -0.15) is 0 Å². The van der Waals surface area contributed by atoms with Crippen molar-refractivity contribution < 1.29 is 17.2 Å². The quantitative estimate of drug-likeness (QED) is 0.617. The average molecular weight is 366 g/mol. The Morgan fingerprint density at radius 1 is 1.28 bits per heavy atom. The molecular formula is C9H12BrClF2N2O2S. The summed E-state index contributed by atoms with van der Waals surface area (Å²) in [6.45, 7) is 0.385. The van der Waals surface area contributed by atoms with E-state index in [4.69, 9.17) is 5.73 Å². The molecule has 0 aliphatic rings. The lowest BCUT2D eigenvalue weighted by molar-refractivity contribution is 0.542. The van der Waals surface area contributed by atoms with Crippen LogP contribution in [0.3, 0.4) is 0 Å². The van der Waals surface area contributed by atoms with E-state index in [1.165, 1.54) is 0 Å². The highest BCUT2D eigenvalue weighted by Crippen LogP contribution is 2.22. The number of hydrogen-bond donors (Lipinski definition) is 2. The molecule has 0 aliphatic carbocycles. The molecule has 0 fully saturated rings. The first-order valence-electron chi connectivity index (χ1n) is 4.73. The second kappa shape index (κ2) is 7.34. The molecule has 0 unspecified atom stereocenters. The van der Waals surface area contributed by atoms with E-state index in [9.17, 15) is 17.2 Å². The third-order valence-electron chi connectivity index (χ3n) is 1.94. The van der Waals surface area contributed by atoms with Gasteiger partial charge in [0.05, 0.1) is 4.47 Å². The molecule has 0 heterocycles. The molecule has 0 aromatic heterocycles. The number of nitrogens with one attached hydrogen (secondary N) is 1. The van der Waals surface area contributed by atoms with Crippen molar-refractivity contribution in [1.29, 1.82) is 0 Å². The molecule has 0 spiro atoms. The molecule has 0 atom stereocenters. The molecule has 4 nitrogen and oxygen atoms in total. The largest absolute Gasteiger partial charge is 0.330 e. The van der Waals surface area contributed by atoms with Crippen LogP contribution in [0.1, 0.15) is 6.42 Å². The maximum atomic E-state index is 13.4. The Labute approximate surface area is 119 Å². The summed E-state index contributed by atoms with van der Waals surface area (Å²) < 4.78 is 51.8. The number of halogens is 4. The fourth-order valence-electron chi connectivity index (χ4n) is 1.10. The molecule has 0 bridgehead atoms. The fourth-order valence-corrected chi connectivity index (χ4v) is 2.55. The number of hydrogen-bond acceptors (Lipinski definition) is 3. The van der Waals surface area contributed by atoms with E-state index in [-0.39, 0.29) is 23.4 Å². The number of rotatable bonds is 5. The Hall–Kier alpha value is -0.280. The van der Waals surface area contributed by atoms with E-state index < -0.39 is 26.6 Å². The Morgan fingerprint density at radius 2 is 1.89 bits per heavy atom. The number of benzene rings is 1. The van der Waals surface area contributed by atoms with Crippen molar-refractivity contribution in [2.24, 2.45) is 5.73 Å². The monoisotopic (exact) mass is 364 g/mol. The van der Waals surface area contributed by atoms with Gasteiger partial charge in [-0.05, 0) is 41.0 Å². The summed E-state index contributed by atoms with van der Waals surface area (Å²) in [6, 6.07) is 1.40. The maximum Gasteiger partial charge on any atom is 0.243 e. The lowest BCUT2D eigenvalue weighted by Gasteiger charge is -2.07. The first-order valence-corrected chi connectivity index (χ1v) is 7.00. The van der Waals surface area contributed by atoms with Crippen LogP contribution in [0.2, 0.25) is 0 Å². The minimum atomic E-state index is -4.04. The molecule has 18 heavy (non-hydrogen) atoms. The predicted molar refractivity (Wildman–Crippen MR) is 70.2 cm³/mol. The van der Waals surface area contributed by atoms with E-state index in [0.717, 1.165) is 6.07 Å². The fraction of sp³-hybridized carbons (Fsp3) is 0.333. The molecule has 9 heteroatoms. The van der Waals surface area contributed by atoms with E-state index in [1.54, 1.807) is 0 Å².